The fraction of sp³-hybridized carbons (Fsp3) is 0.333. The number of amides is 2. The zero-order chi connectivity index (χ0) is 18.8. The van der Waals surface area contributed by atoms with Gasteiger partial charge in [-0.25, -0.2) is 0 Å². The van der Waals surface area contributed by atoms with Gasteiger partial charge in [0.25, 0.3) is 0 Å². The van der Waals surface area contributed by atoms with Crippen molar-refractivity contribution in [2.24, 2.45) is 11.8 Å². The second-order valence-corrected chi connectivity index (χ2v) is 6.93. The lowest BCUT2D eigenvalue weighted by Crippen LogP contribution is -2.21. The molecule has 0 aliphatic heterocycles. The summed E-state index contributed by atoms with van der Waals surface area (Å²) in [4.78, 5) is 24.9. The Morgan fingerprint density at radius 1 is 0.962 bits per heavy atom. The Morgan fingerprint density at radius 2 is 1.58 bits per heavy atom. The molecule has 1 aliphatic rings. The smallest absolute Gasteiger partial charge is 0.228 e. The molecule has 0 bridgehead atoms. The van der Waals surface area contributed by atoms with Crippen molar-refractivity contribution >= 4 is 23.2 Å². The summed E-state index contributed by atoms with van der Waals surface area (Å²) < 4.78 is 5.15. The van der Waals surface area contributed by atoms with Gasteiger partial charge in [0.05, 0.1) is 18.9 Å². The molecular formula is C21H24N2O3. The van der Waals surface area contributed by atoms with Gasteiger partial charge in [-0.1, -0.05) is 23.8 Å². The highest BCUT2D eigenvalue weighted by molar-refractivity contribution is 6.03. The van der Waals surface area contributed by atoms with E-state index in [0.29, 0.717) is 17.9 Å². The van der Waals surface area contributed by atoms with E-state index in [4.69, 9.17) is 4.74 Å². The average Bonchev–Trinajstić information content (AvgIpc) is 3.39. The molecule has 0 radical (unpaired) electrons. The lowest BCUT2D eigenvalue weighted by molar-refractivity contribution is -0.122. The zero-order valence-corrected chi connectivity index (χ0v) is 15.6. The van der Waals surface area contributed by atoms with Crippen LogP contribution in [0.5, 0.6) is 5.75 Å². The lowest BCUT2D eigenvalue weighted by Gasteiger charge is -2.13. The second kappa shape index (κ2) is 7.20. The molecule has 0 aromatic heterocycles. The van der Waals surface area contributed by atoms with E-state index >= 15 is 0 Å². The molecule has 26 heavy (non-hydrogen) atoms. The van der Waals surface area contributed by atoms with Gasteiger partial charge < -0.3 is 15.4 Å². The van der Waals surface area contributed by atoms with Crippen LogP contribution >= 0.6 is 0 Å². The monoisotopic (exact) mass is 352 g/mol. The first-order valence-electron chi connectivity index (χ1n) is 8.72. The Morgan fingerprint density at radius 3 is 2.19 bits per heavy atom. The van der Waals surface area contributed by atoms with E-state index in [1.807, 2.05) is 45.0 Å². The quantitative estimate of drug-likeness (QED) is 0.859. The first kappa shape index (κ1) is 18.0. The summed E-state index contributed by atoms with van der Waals surface area (Å²) in [6.45, 7) is 6.00. The minimum absolute atomic E-state index is 0.0918. The predicted molar refractivity (Wildman–Crippen MR) is 103 cm³/mol. The molecule has 5 nitrogen and oxygen atoms in total. The number of carbonyl (C=O) groups is 2. The van der Waals surface area contributed by atoms with Gasteiger partial charge in [0, 0.05) is 17.4 Å². The third-order valence-electron chi connectivity index (χ3n) is 4.73. The highest BCUT2D eigenvalue weighted by atomic mass is 16.5. The summed E-state index contributed by atoms with van der Waals surface area (Å²) in [5, 5.41) is 5.85. The maximum Gasteiger partial charge on any atom is 0.228 e. The number of aryl methyl sites for hydroxylation is 3. The zero-order valence-electron chi connectivity index (χ0n) is 15.6. The van der Waals surface area contributed by atoms with E-state index in [2.05, 4.69) is 10.6 Å². The van der Waals surface area contributed by atoms with Crippen LogP contribution in [0.4, 0.5) is 11.4 Å². The number of rotatable bonds is 5. The highest BCUT2D eigenvalue weighted by Gasteiger charge is 2.48. The first-order valence-corrected chi connectivity index (χ1v) is 8.72. The number of methoxy groups -OCH3 is 1. The van der Waals surface area contributed by atoms with Crippen LogP contribution in [0.1, 0.15) is 23.1 Å². The predicted octanol–water partition coefficient (Wildman–Crippen LogP) is 3.83. The molecule has 1 saturated carbocycles. The third kappa shape index (κ3) is 3.87. The molecule has 0 heterocycles. The van der Waals surface area contributed by atoms with Crippen molar-refractivity contribution in [1.82, 2.24) is 0 Å². The number of benzene rings is 2. The number of hydrogen-bond donors (Lipinski definition) is 2. The molecular weight excluding hydrogens is 328 g/mol. The van der Waals surface area contributed by atoms with Crippen LogP contribution in [0.25, 0.3) is 0 Å². The molecule has 3 rings (SSSR count). The summed E-state index contributed by atoms with van der Waals surface area (Å²) in [7, 11) is 1.58. The van der Waals surface area contributed by atoms with Crippen LogP contribution in [-0.4, -0.2) is 18.9 Å². The van der Waals surface area contributed by atoms with Crippen LogP contribution in [-0.2, 0) is 9.59 Å². The highest BCUT2D eigenvalue weighted by Crippen LogP contribution is 2.40. The maximum atomic E-state index is 12.5. The number of ether oxygens (including phenoxy) is 1. The Balaban J connectivity index is 1.61. The van der Waals surface area contributed by atoms with Gasteiger partial charge in [0.15, 0.2) is 0 Å². The molecule has 2 N–H and O–H groups in total. The summed E-state index contributed by atoms with van der Waals surface area (Å²) in [5.74, 6) is -0.104. The minimum atomic E-state index is -0.285. The van der Waals surface area contributed by atoms with E-state index in [1.54, 1.807) is 19.2 Å². The van der Waals surface area contributed by atoms with E-state index in [-0.39, 0.29) is 23.7 Å². The standard InChI is InChI=1S/C21H24N2O3/c1-12-8-13(2)19(14(3)9-12)23-21(25)18-11-17(18)20(24)22-15-6-5-7-16(10-15)26-4/h5-10,17-18H,11H2,1-4H3,(H,22,24)(H,23,25). The molecule has 1 fully saturated rings. The topological polar surface area (TPSA) is 67.4 Å². The molecule has 2 unspecified atom stereocenters. The fourth-order valence-corrected chi connectivity index (χ4v) is 3.30. The Bertz CT molecular complexity index is 837. The number of nitrogens with one attached hydrogen (secondary N) is 2. The van der Waals surface area contributed by atoms with Crippen molar-refractivity contribution < 1.29 is 14.3 Å². The average molecular weight is 352 g/mol. The van der Waals surface area contributed by atoms with Crippen molar-refractivity contribution in [3.8, 4) is 5.75 Å². The van der Waals surface area contributed by atoms with E-state index < -0.39 is 0 Å². The van der Waals surface area contributed by atoms with Crippen molar-refractivity contribution in [3.63, 3.8) is 0 Å². The SMILES string of the molecule is COc1cccc(NC(=O)C2CC2C(=O)Nc2c(C)cc(C)cc2C)c1. The van der Waals surface area contributed by atoms with Gasteiger partial charge in [-0.15, -0.1) is 0 Å². The van der Waals surface area contributed by atoms with Crippen molar-refractivity contribution in [3.05, 3.63) is 53.1 Å². The Kier molecular flexibility index (Phi) is 4.98. The Labute approximate surface area is 153 Å². The summed E-state index contributed by atoms with van der Waals surface area (Å²) in [6.07, 6.45) is 0.575. The van der Waals surface area contributed by atoms with Gasteiger partial charge in [0.2, 0.25) is 11.8 Å². The molecule has 2 amide bonds. The van der Waals surface area contributed by atoms with Crippen LogP contribution in [0.2, 0.25) is 0 Å². The van der Waals surface area contributed by atoms with Crippen LogP contribution in [0.15, 0.2) is 36.4 Å². The normalized spacial score (nSPS) is 18.2. The van der Waals surface area contributed by atoms with Gasteiger partial charge in [-0.3, -0.25) is 9.59 Å². The van der Waals surface area contributed by atoms with E-state index in [0.717, 1.165) is 16.8 Å². The van der Waals surface area contributed by atoms with Gasteiger partial charge in [-0.05, 0) is 50.5 Å². The van der Waals surface area contributed by atoms with Gasteiger partial charge >= 0.3 is 0 Å². The van der Waals surface area contributed by atoms with Crippen molar-refractivity contribution in [2.45, 2.75) is 27.2 Å². The summed E-state index contributed by atoms with van der Waals surface area (Å²) >= 11 is 0. The van der Waals surface area contributed by atoms with E-state index in [1.165, 1.54) is 5.56 Å². The fourth-order valence-electron chi connectivity index (χ4n) is 3.30. The third-order valence-corrected chi connectivity index (χ3v) is 4.73. The minimum Gasteiger partial charge on any atom is -0.497 e. The molecule has 0 spiro atoms. The maximum absolute atomic E-state index is 12.5. The summed E-state index contributed by atoms with van der Waals surface area (Å²) in [5.41, 5.74) is 4.76. The number of anilines is 2. The number of carbonyl (C=O) groups excluding carboxylic acids is 2. The molecule has 2 atom stereocenters. The van der Waals surface area contributed by atoms with Crippen LogP contribution in [0, 0.1) is 32.6 Å². The van der Waals surface area contributed by atoms with Gasteiger partial charge in [0.1, 0.15) is 5.75 Å². The largest absolute Gasteiger partial charge is 0.497 e. The van der Waals surface area contributed by atoms with Gasteiger partial charge in [-0.2, -0.15) is 0 Å². The molecule has 136 valence electrons. The lowest BCUT2D eigenvalue weighted by atomic mass is 10.0. The molecule has 2 aromatic carbocycles. The second-order valence-electron chi connectivity index (χ2n) is 6.93. The first-order chi connectivity index (χ1) is 12.4. The van der Waals surface area contributed by atoms with Crippen LogP contribution in [0.3, 0.4) is 0 Å². The van der Waals surface area contributed by atoms with E-state index in [9.17, 15) is 9.59 Å². The Hall–Kier alpha value is -2.82. The molecule has 2 aromatic rings. The van der Waals surface area contributed by atoms with Crippen molar-refractivity contribution in [2.75, 3.05) is 17.7 Å². The molecule has 0 saturated heterocycles. The molecule has 5 heteroatoms. The number of hydrogen-bond acceptors (Lipinski definition) is 3. The molecule has 1 aliphatic carbocycles. The van der Waals surface area contributed by atoms with Crippen molar-refractivity contribution in [1.29, 1.82) is 0 Å². The van der Waals surface area contributed by atoms with Crippen LogP contribution < -0.4 is 15.4 Å². The summed E-state index contributed by atoms with van der Waals surface area (Å²) in [6, 6.07) is 11.3.